The van der Waals surface area contributed by atoms with Gasteiger partial charge in [-0.2, -0.15) is 0 Å². The number of ether oxygens (including phenoxy) is 1. The molecular weight excluding hydrogens is 388 g/mol. The first-order valence-corrected chi connectivity index (χ1v) is 11.8. The van der Waals surface area contributed by atoms with Gasteiger partial charge in [0.25, 0.3) is 0 Å². The number of nitrogens with one attached hydrogen (secondary N) is 1. The highest BCUT2D eigenvalue weighted by Gasteiger charge is 2.36. The van der Waals surface area contributed by atoms with Gasteiger partial charge in [0.15, 0.2) is 0 Å². The van der Waals surface area contributed by atoms with E-state index in [4.69, 9.17) is 4.74 Å². The maximum atomic E-state index is 13.7. The summed E-state index contributed by atoms with van der Waals surface area (Å²) in [4.78, 5) is 22.8. The summed E-state index contributed by atoms with van der Waals surface area (Å²) in [7, 11) is 0. The number of nitrogens with zero attached hydrogens (tertiary/aromatic N) is 3. The average Bonchev–Trinajstić information content (AvgIpc) is 3.01. The van der Waals surface area contributed by atoms with Gasteiger partial charge in [0, 0.05) is 29.9 Å². The topological polar surface area (TPSA) is 57.7 Å². The Morgan fingerprint density at radius 1 is 1.10 bits per heavy atom. The van der Waals surface area contributed by atoms with Gasteiger partial charge in [-0.05, 0) is 49.9 Å². The Hall–Kier alpha value is -2.60. The molecule has 1 amide bonds. The van der Waals surface area contributed by atoms with Crippen LogP contribution in [0.4, 0.5) is 22.9 Å². The monoisotopic (exact) mass is 418 g/mol. The number of carbonyl (C=O) groups is 1. The maximum Gasteiger partial charge on any atom is 0.230 e. The lowest BCUT2D eigenvalue weighted by molar-refractivity contribution is -0.123. The Bertz CT molecular complexity index is 979. The Kier molecular flexibility index (Phi) is 4.82. The molecule has 5 aliphatic rings. The van der Waals surface area contributed by atoms with Crippen molar-refractivity contribution in [1.29, 1.82) is 0 Å². The van der Waals surface area contributed by atoms with Crippen molar-refractivity contribution in [3.63, 3.8) is 0 Å². The highest BCUT2D eigenvalue weighted by molar-refractivity contribution is 6.00. The highest BCUT2D eigenvalue weighted by atomic mass is 16.5. The Morgan fingerprint density at radius 2 is 2.00 bits per heavy atom. The van der Waals surface area contributed by atoms with Crippen LogP contribution in [-0.4, -0.2) is 36.2 Å². The number of benzene rings is 1. The van der Waals surface area contributed by atoms with Crippen LogP contribution in [0, 0.1) is 5.92 Å². The smallest absolute Gasteiger partial charge is 0.230 e. The number of carbonyl (C=O) groups excluding carboxylic acids is 1. The summed E-state index contributed by atoms with van der Waals surface area (Å²) in [5.41, 5.74) is 4.20. The fourth-order valence-electron chi connectivity index (χ4n) is 5.72. The number of morpholine rings is 1. The lowest BCUT2D eigenvalue weighted by Crippen LogP contribution is -2.54. The second kappa shape index (κ2) is 7.83. The van der Waals surface area contributed by atoms with Crippen LogP contribution < -0.4 is 15.1 Å². The molecule has 31 heavy (non-hydrogen) atoms. The van der Waals surface area contributed by atoms with Crippen molar-refractivity contribution in [1.82, 2.24) is 4.98 Å². The molecule has 0 radical (unpaired) electrons. The van der Waals surface area contributed by atoms with E-state index in [1.165, 1.54) is 18.5 Å². The maximum absolute atomic E-state index is 13.7. The number of aromatic nitrogens is 1. The molecule has 6 heteroatoms. The van der Waals surface area contributed by atoms with Crippen molar-refractivity contribution >= 4 is 28.8 Å². The Labute approximate surface area is 183 Å². The van der Waals surface area contributed by atoms with Crippen molar-refractivity contribution in [2.24, 2.45) is 5.92 Å². The van der Waals surface area contributed by atoms with Gasteiger partial charge in [-0.1, -0.05) is 25.3 Å². The van der Waals surface area contributed by atoms with Crippen LogP contribution in [0.3, 0.4) is 0 Å². The van der Waals surface area contributed by atoms with E-state index < -0.39 is 0 Å². The molecule has 2 unspecified atom stereocenters. The number of hydrogen-bond acceptors (Lipinski definition) is 5. The minimum absolute atomic E-state index is 0.128. The van der Waals surface area contributed by atoms with Crippen molar-refractivity contribution in [2.75, 3.05) is 28.3 Å². The summed E-state index contributed by atoms with van der Waals surface area (Å²) in [6.07, 6.45) is 10.0. The molecule has 6 nitrogen and oxygen atoms in total. The van der Waals surface area contributed by atoms with Crippen LogP contribution in [0.1, 0.15) is 50.5 Å². The lowest BCUT2D eigenvalue weighted by Gasteiger charge is -2.46. The van der Waals surface area contributed by atoms with E-state index in [9.17, 15) is 4.79 Å². The standard InChI is InChI=1S/C25H30N4O2/c30-25(17-5-2-1-3-6-17)29-14-18-7-4-12-26-24(18)27-22-11-9-19(13-23(22)29)28-15-21-10-8-20(28)16-31-21/h4,7,9,11-13,17,20-21H,1-3,5-6,8,10,14-16H2,(H,26,27). The molecule has 2 atom stereocenters. The molecule has 1 aromatic carbocycles. The fraction of sp³-hybridized carbons (Fsp3) is 0.520. The van der Waals surface area contributed by atoms with Crippen molar-refractivity contribution in [2.45, 2.75) is 63.6 Å². The molecule has 0 spiro atoms. The predicted octanol–water partition coefficient (Wildman–Crippen LogP) is 4.62. The van der Waals surface area contributed by atoms with Gasteiger partial charge in [-0.25, -0.2) is 4.98 Å². The number of amides is 1. The largest absolute Gasteiger partial charge is 0.374 e. The van der Waals surface area contributed by atoms with Gasteiger partial charge in [0.1, 0.15) is 5.82 Å². The molecule has 1 aromatic heterocycles. The zero-order chi connectivity index (χ0) is 20.8. The first-order valence-electron chi connectivity index (χ1n) is 11.8. The summed E-state index contributed by atoms with van der Waals surface area (Å²) < 4.78 is 5.92. The van der Waals surface area contributed by atoms with Gasteiger partial charge in [-0.15, -0.1) is 0 Å². The quantitative estimate of drug-likeness (QED) is 0.771. The average molecular weight is 419 g/mol. The van der Waals surface area contributed by atoms with Crippen LogP contribution in [0.5, 0.6) is 0 Å². The van der Waals surface area contributed by atoms with E-state index in [-0.39, 0.29) is 11.8 Å². The van der Waals surface area contributed by atoms with E-state index in [0.29, 0.717) is 18.7 Å². The SMILES string of the molecule is O=C(C1CCCCC1)N1Cc2cccnc2Nc2ccc(N3CC4CCC3CO4)cc21. The van der Waals surface area contributed by atoms with Gasteiger partial charge in [-0.3, -0.25) is 4.79 Å². The second-order valence-electron chi connectivity index (χ2n) is 9.44. The first-order chi connectivity index (χ1) is 15.3. The van der Waals surface area contributed by atoms with E-state index >= 15 is 0 Å². The number of pyridine rings is 1. The molecule has 3 saturated heterocycles. The molecule has 7 rings (SSSR count). The highest BCUT2D eigenvalue weighted by Crippen LogP contribution is 2.41. The van der Waals surface area contributed by atoms with E-state index in [1.807, 2.05) is 17.2 Å². The van der Waals surface area contributed by atoms with Crippen molar-refractivity contribution in [3.05, 3.63) is 42.1 Å². The molecule has 162 valence electrons. The molecule has 1 aliphatic carbocycles. The van der Waals surface area contributed by atoms with Gasteiger partial charge >= 0.3 is 0 Å². The van der Waals surface area contributed by atoms with E-state index in [1.54, 1.807) is 0 Å². The number of fused-ring (bicyclic) bond motifs is 5. The van der Waals surface area contributed by atoms with E-state index in [2.05, 4.69) is 39.5 Å². The zero-order valence-electron chi connectivity index (χ0n) is 17.9. The fourth-order valence-corrected chi connectivity index (χ4v) is 5.72. The predicted molar refractivity (Wildman–Crippen MR) is 122 cm³/mol. The second-order valence-corrected chi connectivity index (χ2v) is 9.44. The third-order valence-corrected chi connectivity index (χ3v) is 7.48. The van der Waals surface area contributed by atoms with E-state index in [0.717, 1.165) is 68.0 Å². The summed E-state index contributed by atoms with van der Waals surface area (Å²) >= 11 is 0. The lowest BCUT2D eigenvalue weighted by atomic mass is 9.88. The number of rotatable bonds is 2. The van der Waals surface area contributed by atoms with Crippen LogP contribution in [0.2, 0.25) is 0 Å². The Morgan fingerprint density at radius 3 is 2.77 bits per heavy atom. The molecule has 5 heterocycles. The number of hydrogen-bond donors (Lipinski definition) is 1. The molecule has 4 fully saturated rings. The van der Waals surface area contributed by atoms with Crippen molar-refractivity contribution < 1.29 is 9.53 Å². The van der Waals surface area contributed by atoms with Gasteiger partial charge in [0.2, 0.25) is 5.91 Å². The minimum Gasteiger partial charge on any atom is -0.374 e. The van der Waals surface area contributed by atoms with Crippen molar-refractivity contribution in [3.8, 4) is 0 Å². The molecule has 1 N–H and O–H groups in total. The Balaban J connectivity index is 1.39. The molecule has 1 saturated carbocycles. The zero-order valence-corrected chi connectivity index (χ0v) is 17.9. The molecular formula is C25H30N4O2. The molecule has 2 bridgehead atoms. The summed E-state index contributed by atoms with van der Waals surface area (Å²) in [5, 5.41) is 3.51. The number of anilines is 4. The summed E-state index contributed by atoms with van der Waals surface area (Å²) in [6.45, 7) is 2.31. The third kappa shape index (κ3) is 3.47. The first kappa shape index (κ1) is 19.1. The van der Waals surface area contributed by atoms with Gasteiger partial charge in [0.05, 0.1) is 36.7 Å². The third-order valence-electron chi connectivity index (χ3n) is 7.48. The van der Waals surface area contributed by atoms with Crippen LogP contribution in [-0.2, 0) is 16.1 Å². The molecule has 2 aromatic rings. The van der Waals surface area contributed by atoms with Crippen LogP contribution in [0.15, 0.2) is 36.5 Å². The number of piperidine rings is 1. The normalized spacial score (nSPS) is 25.4. The minimum atomic E-state index is 0.128. The molecule has 4 aliphatic heterocycles. The van der Waals surface area contributed by atoms with Crippen LogP contribution in [0.25, 0.3) is 0 Å². The van der Waals surface area contributed by atoms with Gasteiger partial charge < -0.3 is 19.9 Å². The summed E-state index contributed by atoms with van der Waals surface area (Å²) in [6, 6.07) is 11.0. The summed E-state index contributed by atoms with van der Waals surface area (Å²) in [5.74, 6) is 1.24. The van der Waals surface area contributed by atoms with Crippen LogP contribution >= 0.6 is 0 Å².